The standard InChI is InChI=1S/C9H11F3N2O3/c1-16-8-7(17-9(10,11)12)5(4-15)2-6(3-13)14-8/h2,15H,3-4,13H2,1H3. The van der Waals surface area contributed by atoms with Gasteiger partial charge in [-0.15, -0.1) is 13.2 Å². The van der Waals surface area contributed by atoms with Gasteiger partial charge in [0.15, 0.2) is 5.75 Å². The Balaban J connectivity index is 3.24. The van der Waals surface area contributed by atoms with Crippen molar-refractivity contribution in [3.8, 4) is 11.6 Å². The summed E-state index contributed by atoms with van der Waals surface area (Å²) in [6, 6.07) is 1.23. The van der Waals surface area contributed by atoms with E-state index in [1.807, 2.05) is 0 Å². The lowest BCUT2D eigenvalue weighted by molar-refractivity contribution is -0.275. The minimum Gasteiger partial charge on any atom is -0.478 e. The number of nitrogens with zero attached hydrogens (tertiary/aromatic N) is 1. The third kappa shape index (κ3) is 3.46. The molecule has 0 aliphatic rings. The van der Waals surface area contributed by atoms with Crippen molar-refractivity contribution >= 4 is 0 Å². The summed E-state index contributed by atoms with van der Waals surface area (Å²) in [5.41, 5.74) is 5.52. The van der Waals surface area contributed by atoms with Crippen molar-refractivity contribution in [2.24, 2.45) is 5.73 Å². The zero-order valence-corrected chi connectivity index (χ0v) is 8.91. The zero-order chi connectivity index (χ0) is 13.1. The van der Waals surface area contributed by atoms with Gasteiger partial charge in [0, 0.05) is 12.1 Å². The van der Waals surface area contributed by atoms with Gasteiger partial charge in [0.2, 0.25) is 0 Å². The third-order valence-corrected chi connectivity index (χ3v) is 1.86. The molecule has 3 N–H and O–H groups in total. The van der Waals surface area contributed by atoms with Gasteiger partial charge in [-0.3, -0.25) is 0 Å². The van der Waals surface area contributed by atoms with Crippen LogP contribution in [0.1, 0.15) is 11.3 Å². The third-order valence-electron chi connectivity index (χ3n) is 1.86. The summed E-state index contributed by atoms with van der Waals surface area (Å²) in [5, 5.41) is 8.98. The summed E-state index contributed by atoms with van der Waals surface area (Å²) in [6.45, 7) is -0.632. The SMILES string of the molecule is COc1nc(CN)cc(CO)c1OC(F)(F)F. The molecule has 5 nitrogen and oxygen atoms in total. The van der Waals surface area contributed by atoms with Crippen LogP contribution in [0.25, 0.3) is 0 Å². The van der Waals surface area contributed by atoms with Gasteiger partial charge < -0.3 is 20.3 Å². The molecule has 0 aliphatic heterocycles. The molecule has 0 amide bonds. The van der Waals surface area contributed by atoms with Crippen LogP contribution in [0.4, 0.5) is 13.2 Å². The van der Waals surface area contributed by atoms with Gasteiger partial charge in [-0.05, 0) is 6.07 Å². The van der Waals surface area contributed by atoms with Crippen molar-refractivity contribution < 1.29 is 27.8 Å². The van der Waals surface area contributed by atoms with Crippen molar-refractivity contribution in [1.82, 2.24) is 4.98 Å². The molecule has 0 radical (unpaired) electrons. The monoisotopic (exact) mass is 252 g/mol. The van der Waals surface area contributed by atoms with Gasteiger partial charge in [-0.25, -0.2) is 4.98 Å². The Kier molecular flexibility index (Phi) is 4.13. The minimum absolute atomic E-state index is 0.00958. The maximum atomic E-state index is 12.1. The summed E-state index contributed by atoms with van der Waals surface area (Å²) in [5.74, 6) is -1.02. The molecule has 0 unspecified atom stereocenters. The lowest BCUT2D eigenvalue weighted by atomic mass is 10.2. The second-order valence-corrected chi connectivity index (χ2v) is 3.02. The fourth-order valence-corrected chi connectivity index (χ4v) is 1.20. The maximum Gasteiger partial charge on any atom is 0.573 e. The van der Waals surface area contributed by atoms with Crippen LogP contribution in [0.2, 0.25) is 0 Å². The molecule has 1 aromatic heterocycles. The molecular weight excluding hydrogens is 241 g/mol. The number of aliphatic hydroxyl groups excluding tert-OH is 1. The van der Waals surface area contributed by atoms with E-state index in [4.69, 9.17) is 10.8 Å². The summed E-state index contributed by atoms with van der Waals surface area (Å²) < 4.78 is 44.9. The maximum absolute atomic E-state index is 12.1. The average Bonchev–Trinajstić information content (AvgIpc) is 2.27. The molecule has 0 aliphatic carbocycles. The van der Waals surface area contributed by atoms with E-state index >= 15 is 0 Å². The summed E-state index contributed by atoms with van der Waals surface area (Å²) in [6.07, 6.45) is -4.89. The number of nitrogens with two attached hydrogens (primary N) is 1. The van der Waals surface area contributed by atoms with Crippen molar-refractivity contribution in [1.29, 1.82) is 0 Å². The van der Waals surface area contributed by atoms with Crippen LogP contribution in [-0.4, -0.2) is 23.6 Å². The Bertz CT molecular complexity index is 371. The van der Waals surface area contributed by atoms with Crippen molar-refractivity contribution in [2.75, 3.05) is 7.11 Å². The minimum atomic E-state index is -4.89. The van der Waals surface area contributed by atoms with Crippen molar-refractivity contribution in [3.63, 3.8) is 0 Å². The zero-order valence-electron chi connectivity index (χ0n) is 8.91. The van der Waals surface area contributed by atoms with E-state index in [0.717, 1.165) is 7.11 Å². The van der Waals surface area contributed by atoms with E-state index in [9.17, 15) is 13.2 Å². The number of hydrogen-bond donors (Lipinski definition) is 2. The molecular formula is C9H11F3N2O3. The average molecular weight is 252 g/mol. The number of halogens is 3. The second kappa shape index (κ2) is 5.19. The molecule has 0 spiro atoms. The van der Waals surface area contributed by atoms with E-state index in [-0.39, 0.29) is 18.0 Å². The fraction of sp³-hybridized carbons (Fsp3) is 0.444. The van der Waals surface area contributed by atoms with Crippen molar-refractivity contribution in [2.45, 2.75) is 19.5 Å². The second-order valence-electron chi connectivity index (χ2n) is 3.02. The summed E-state index contributed by atoms with van der Waals surface area (Å²) >= 11 is 0. The predicted molar refractivity (Wildman–Crippen MR) is 51.3 cm³/mol. The van der Waals surface area contributed by atoms with Crippen LogP contribution < -0.4 is 15.2 Å². The highest BCUT2D eigenvalue weighted by Crippen LogP contribution is 2.34. The molecule has 0 saturated heterocycles. The molecule has 0 saturated carbocycles. The number of rotatable bonds is 4. The first-order valence-corrected chi connectivity index (χ1v) is 4.54. The number of ether oxygens (including phenoxy) is 2. The van der Waals surface area contributed by atoms with Gasteiger partial charge in [0.1, 0.15) is 0 Å². The van der Waals surface area contributed by atoms with Crippen LogP contribution in [0.5, 0.6) is 11.6 Å². The number of aromatic nitrogens is 1. The van der Waals surface area contributed by atoms with Gasteiger partial charge in [-0.2, -0.15) is 0 Å². The summed E-state index contributed by atoms with van der Waals surface area (Å²) in [7, 11) is 1.15. The number of aliphatic hydroxyl groups is 1. The van der Waals surface area contributed by atoms with E-state index in [2.05, 4.69) is 14.5 Å². The highest BCUT2D eigenvalue weighted by atomic mass is 19.4. The van der Waals surface area contributed by atoms with Crippen LogP contribution in [0.15, 0.2) is 6.07 Å². The Morgan fingerprint density at radius 3 is 2.53 bits per heavy atom. The van der Waals surface area contributed by atoms with E-state index in [1.165, 1.54) is 6.07 Å². The first-order chi connectivity index (χ1) is 7.91. The van der Waals surface area contributed by atoms with Crippen molar-refractivity contribution in [3.05, 3.63) is 17.3 Å². The van der Waals surface area contributed by atoms with Crippen LogP contribution >= 0.6 is 0 Å². The molecule has 1 heterocycles. The number of alkyl halides is 3. The highest BCUT2D eigenvalue weighted by Gasteiger charge is 2.34. The van der Waals surface area contributed by atoms with Gasteiger partial charge in [0.25, 0.3) is 5.88 Å². The van der Waals surface area contributed by atoms with Crippen LogP contribution in [-0.2, 0) is 13.2 Å². The van der Waals surface area contributed by atoms with E-state index in [1.54, 1.807) is 0 Å². The molecule has 8 heteroatoms. The molecule has 0 fully saturated rings. The summed E-state index contributed by atoms with van der Waals surface area (Å²) in [4.78, 5) is 3.72. The molecule has 0 aromatic carbocycles. The topological polar surface area (TPSA) is 77.6 Å². The number of methoxy groups -OCH3 is 1. The lowest BCUT2D eigenvalue weighted by Gasteiger charge is -2.15. The first-order valence-electron chi connectivity index (χ1n) is 4.54. The largest absolute Gasteiger partial charge is 0.573 e. The highest BCUT2D eigenvalue weighted by molar-refractivity contribution is 5.43. The molecule has 0 bridgehead atoms. The normalized spacial score (nSPS) is 11.4. The fourth-order valence-electron chi connectivity index (χ4n) is 1.20. The smallest absolute Gasteiger partial charge is 0.478 e. The number of pyridine rings is 1. The van der Waals surface area contributed by atoms with Gasteiger partial charge in [0.05, 0.1) is 19.4 Å². The molecule has 17 heavy (non-hydrogen) atoms. The lowest BCUT2D eigenvalue weighted by Crippen LogP contribution is -2.19. The first kappa shape index (κ1) is 13.5. The Hall–Kier alpha value is -1.54. The number of hydrogen-bond acceptors (Lipinski definition) is 5. The van der Waals surface area contributed by atoms with Crippen LogP contribution in [0.3, 0.4) is 0 Å². The molecule has 1 aromatic rings. The molecule has 1 rings (SSSR count). The Morgan fingerprint density at radius 1 is 1.47 bits per heavy atom. The quantitative estimate of drug-likeness (QED) is 0.833. The molecule has 96 valence electrons. The predicted octanol–water partition coefficient (Wildman–Crippen LogP) is 0.940. The van der Waals surface area contributed by atoms with E-state index in [0.29, 0.717) is 5.69 Å². The van der Waals surface area contributed by atoms with Crippen LogP contribution in [0, 0.1) is 0 Å². The Labute approximate surface area is 95.0 Å². The van der Waals surface area contributed by atoms with Gasteiger partial charge in [-0.1, -0.05) is 0 Å². The van der Waals surface area contributed by atoms with Gasteiger partial charge >= 0.3 is 6.36 Å². The Morgan fingerprint density at radius 2 is 2.12 bits per heavy atom. The van der Waals surface area contributed by atoms with E-state index < -0.39 is 18.7 Å². The molecule has 0 atom stereocenters.